The van der Waals surface area contributed by atoms with Crippen LogP contribution in [0.2, 0.25) is 0 Å². The van der Waals surface area contributed by atoms with Gasteiger partial charge in [0, 0.05) is 0 Å². The molecule has 0 heterocycles. The molecule has 0 aliphatic carbocycles. The van der Waals surface area contributed by atoms with Gasteiger partial charge in [0.05, 0.1) is 0 Å². The SMILES string of the molecule is O=C=CCCCc1ccc(O)cc1. The summed E-state index contributed by atoms with van der Waals surface area (Å²) in [6.07, 6.45) is 4.14. The van der Waals surface area contributed by atoms with Crippen LogP contribution in [0, 0.1) is 0 Å². The predicted molar refractivity (Wildman–Crippen MR) is 51.3 cm³/mol. The van der Waals surface area contributed by atoms with E-state index in [1.165, 1.54) is 11.6 Å². The van der Waals surface area contributed by atoms with Crippen molar-refractivity contribution in [2.75, 3.05) is 0 Å². The molecule has 0 aliphatic heterocycles. The van der Waals surface area contributed by atoms with Crippen LogP contribution in [-0.2, 0) is 11.2 Å². The smallest absolute Gasteiger partial charge is 0.120 e. The van der Waals surface area contributed by atoms with E-state index < -0.39 is 0 Å². The summed E-state index contributed by atoms with van der Waals surface area (Å²) in [6, 6.07) is 7.12. The third kappa shape index (κ3) is 3.59. The van der Waals surface area contributed by atoms with Crippen molar-refractivity contribution in [2.45, 2.75) is 19.3 Å². The number of aryl methyl sites for hydroxylation is 1. The molecule has 0 atom stereocenters. The number of allylic oxidation sites excluding steroid dienone is 1. The summed E-state index contributed by atoms with van der Waals surface area (Å²) in [5, 5.41) is 9.01. The van der Waals surface area contributed by atoms with Crippen molar-refractivity contribution >= 4 is 5.94 Å². The molecule has 1 rings (SSSR count). The number of phenols is 1. The second kappa shape index (κ2) is 5.18. The molecule has 2 nitrogen and oxygen atoms in total. The summed E-state index contributed by atoms with van der Waals surface area (Å²) < 4.78 is 0. The maximum atomic E-state index is 9.85. The fourth-order valence-electron chi connectivity index (χ4n) is 1.13. The first-order chi connectivity index (χ1) is 6.33. The van der Waals surface area contributed by atoms with Crippen LogP contribution >= 0.6 is 0 Å². The first-order valence-electron chi connectivity index (χ1n) is 4.30. The average molecular weight is 176 g/mol. The highest BCUT2D eigenvalue weighted by Gasteiger charge is 1.92. The zero-order valence-electron chi connectivity index (χ0n) is 7.36. The van der Waals surface area contributed by atoms with Gasteiger partial charge in [0.2, 0.25) is 0 Å². The summed E-state index contributed by atoms with van der Waals surface area (Å²) in [4.78, 5) is 9.85. The molecule has 68 valence electrons. The Kier molecular flexibility index (Phi) is 3.80. The quantitative estimate of drug-likeness (QED) is 0.563. The van der Waals surface area contributed by atoms with Crippen LogP contribution in [0.1, 0.15) is 18.4 Å². The van der Waals surface area contributed by atoms with E-state index in [4.69, 9.17) is 5.11 Å². The zero-order chi connectivity index (χ0) is 9.52. The van der Waals surface area contributed by atoms with Gasteiger partial charge in [-0.3, -0.25) is 0 Å². The van der Waals surface area contributed by atoms with E-state index in [9.17, 15) is 4.79 Å². The molecule has 0 amide bonds. The van der Waals surface area contributed by atoms with E-state index in [1.807, 2.05) is 12.1 Å². The van der Waals surface area contributed by atoms with Crippen LogP contribution < -0.4 is 0 Å². The van der Waals surface area contributed by atoms with Gasteiger partial charge in [-0.25, -0.2) is 4.79 Å². The molecule has 1 aromatic rings. The number of rotatable bonds is 4. The molecule has 0 aliphatic rings. The number of aromatic hydroxyl groups is 1. The Balaban J connectivity index is 2.37. The molecule has 1 aromatic carbocycles. The second-order valence-electron chi connectivity index (χ2n) is 2.88. The Bertz CT molecular complexity index is 294. The molecule has 0 saturated carbocycles. The van der Waals surface area contributed by atoms with Crippen molar-refractivity contribution in [2.24, 2.45) is 0 Å². The first kappa shape index (κ1) is 9.56. The highest BCUT2D eigenvalue weighted by Crippen LogP contribution is 2.11. The third-order valence-corrected chi connectivity index (χ3v) is 1.83. The van der Waals surface area contributed by atoms with Gasteiger partial charge < -0.3 is 5.11 Å². The Labute approximate surface area is 77.5 Å². The van der Waals surface area contributed by atoms with Gasteiger partial charge in [-0.15, -0.1) is 0 Å². The van der Waals surface area contributed by atoms with Gasteiger partial charge in [-0.2, -0.15) is 0 Å². The highest BCUT2D eigenvalue weighted by atomic mass is 16.3. The van der Waals surface area contributed by atoms with Crippen molar-refractivity contribution in [3.05, 3.63) is 35.9 Å². The number of hydrogen-bond acceptors (Lipinski definition) is 2. The van der Waals surface area contributed by atoms with Crippen LogP contribution in [-0.4, -0.2) is 11.0 Å². The largest absolute Gasteiger partial charge is 0.508 e. The number of carbonyl (C=O) groups excluding carboxylic acids is 1. The Morgan fingerprint density at radius 2 is 2.00 bits per heavy atom. The summed E-state index contributed by atoms with van der Waals surface area (Å²) in [6.45, 7) is 0. The Morgan fingerprint density at radius 1 is 1.31 bits per heavy atom. The van der Waals surface area contributed by atoms with Crippen LogP contribution in [0.25, 0.3) is 0 Å². The minimum Gasteiger partial charge on any atom is -0.508 e. The van der Waals surface area contributed by atoms with Gasteiger partial charge in [-0.1, -0.05) is 12.1 Å². The number of hydrogen-bond donors (Lipinski definition) is 1. The van der Waals surface area contributed by atoms with Gasteiger partial charge in [0.1, 0.15) is 11.7 Å². The maximum Gasteiger partial charge on any atom is 0.120 e. The summed E-state index contributed by atoms with van der Waals surface area (Å²) >= 11 is 0. The third-order valence-electron chi connectivity index (χ3n) is 1.83. The topological polar surface area (TPSA) is 37.3 Å². The van der Waals surface area contributed by atoms with E-state index in [-0.39, 0.29) is 5.75 Å². The summed E-state index contributed by atoms with van der Waals surface area (Å²) in [5.74, 6) is 2.04. The molecule has 0 aromatic heterocycles. The summed E-state index contributed by atoms with van der Waals surface area (Å²) in [5.41, 5.74) is 1.18. The van der Waals surface area contributed by atoms with Crippen LogP contribution in [0.3, 0.4) is 0 Å². The number of phenolic OH excluding ortho intramolecular Hbond substituents is 1. The minimum atomic E-state index is 0.288. The van der Waals surface area contributed by atoms with E-state index in [0.29, 0.717) is 0 Å². The normalized spacial score (nSPS) is 9.23. The van der Waals surface area contributed by atoms with Gasteiger partial charge >= 0.3 is 0 Å². The van der Waals surface area contributed by atoms with Crippen LogP contribution in [0.15, 0.2) is 30.3 Å². The number of unbranched alkanes of at least 4 members (excludes halogenated alkanes) is 1. The molecule has 0 bridgehead atoms. The molecule has 2 heteroatoms. The lowest BCUT2D eigenvalue weighted by Crippen LogP contribution is -1.83. The Hall–Kier alpha value is -1.53. The summed E-state index contributed by atoms with van der Waals surface area (Å²) in [7, 11) is 0. The van der Waals surface area contributed by atoms with Crippen molar-refractivity contribution in [3.8, 4) is 5.75 Å². The molecule has 13 heavy (non-hydrogen) atoms. The van der Waals surface area contributed by atoms with Crippen molar-refractivity contribution in [3.63, 3.8) is 0 Å². The second-order valence-corrected chi connectivity index (χ2v) is 2.88. The fraction of sp³-hybridized carbons (Fsp3) is 0.273. The van der Waals surface area contributed by atoms with Crippen molar-refractivity contribution in [1.29, 1.82) is 0 Å². The van der Waals surface area contributed by atoms with Crippen molar-refractivity contribution < 1.29 is 9.90 Å². The van der Waals surface area contributed by atoms with E-state index in [2.05, 4.69) is 0 Å². The molecule has 0 radical (unpaired) electrons. The van der Waals surface area contributed by atoms with Gasteiger partial charge in [0.15, 0.2) is 0 Å². The Morgan fingerprint density at radius 3 is 2.62 bits per heavy atom. The molecular formula is C11H12O2. The average Bonchev–Trinajstić information content (AvgIpc) is 2.15. The first-order valence-corrected chi connectivity index (χ1v) is 4.30. The molecular weight excluding hydrogens is 164 g/mol. The van der Waals surface area contributed by atoms with E-state index >= 15 is 0 Å². The fourth-order valence-corrected chi connectivity index (χ4v) is 1.13. The lowest BCUT2D eigenvalue weighted by atomic mass is 10.1. The molecule has 1 N–H and O–H groups in total. The monoisotopic (exact) mass is 176 g/mol. The molecule has 0 spiro atoms. The lowest BCUT2D eigenvalue weighted by molar-refractivity contribution is 0.475. The maximum absolute atomic E-state index is 9.85. The molecule has 0 unspecified atom stereocenters. The minimum absolute atomic E-state index is 0.288. The van der Waals surface area contributed by atoms with Gasteiger partial charge in [-0.05, 0) is 43.0 Å². The molecule has 0 fully saturated rings. The van der Waals surface area contributed by atoms with E-state index in [1.54, 1.807) is 18.1 Å². The standard InChI is InChI=1S/C11H12O2/c12-9-3-1-2-4-10-5-7-11(13)8-6-10/h3,5-8,13H,1-2,4H2. The number of benzene rings is 1. The van der Waals surface area contributed by atoms with Crippen LogP contribution in [0.4, 0.5) is 0 Å². The highest BCUT2D eigenvalue weighted by molar-refractivity contribution is 5.44. The van der Waals surface area contributed by atoms with E-state index in [0.717, 1.165) is 19.3 Å². The predicted octanol–water partition coefficient (Wildman–Crippen LogP) is 2.10. The van der Waals surface area contributed by atoms with Gasteiger partial charge in [0.25, 0.3) is 0 Å². The van der Waals surface area contributed by atoms with Crippen LogP contribution in [0.5, 0.6) is 5.75 Å². The van der Waals surface area contributed by atoms with Crippen molar-refractivity contribution in [1.82, 2.24) is 0 Å². The lowest BCUT2D eigenvalue weighted by Gasteiger charge is -1.98. The molecule has 0 saturated heterocycles. The zero-order valence-corrected chi connectivity index (χ0v) is 7.36.